The zero-order valence-electron chi connectivity index (χ0n) is 9.78. The first-order valence-corrected chi connectivity index (χ1v) is 5.78. The van der Waals surface area contributed by atoms with E-state index in [2.05, 4.69) is 0 Å². The number of anilines is 1. The summed E-state index contributed by atoms with van der Waals surface area (Å²) < 4.78 is 0. The molecule has 96 valence electrons. The van der Waals surface area contributed by atoms with E-state index in [1.165, 1.54) is 18.2 Å². The van der Waals surface area contributed by atoms with Gasteiger partial charge in [0.05, 0.1) is 11.0 Å². The highest BCUT2D eigenvalue weighted by Crippen LogP contribution is 2.31. The zero-order chi connectivity index (χ0) is 13.1. The molecule has 1 aliphatic heterocycles. The van der Waals surface area contributed by atoms with Crippen molar-refractivity contribution in [2.24, 2.45) is 0 Å². The van der Waals surface area contributed by atoms with Gasteiger partial charge >= 0.3 is 0 Å². The lowest BCUT2D eigenvalue weighted by Crippen LogP contribution is -2.38. The van der Waals surface area contributed by atoms with Crippen molar-refractivity contribution in [1.29, 1.82) is 0 Å². The fourth-order valence-electron chi connectivity index (χ4n) is 2.19. The fraction of sp³-hybridized carbons (Fsp3) is 0.417. The molecule has 18 heavy (non-hydrogen) atoms. The number of aldehydes is 1. The van der Waals surface area contributed by atoms with E-state index in [1.54, 1.807) is 4.90 Å². The van der Waals surface area contributed by atoms with Crippen molar-refractivity contribution in [1.82, 2.24) is 0 Å². The molecule has 0 spiro atoms. The summed E-state index contributed by atoms with van der Waals surface area (Å²) in [4.78, 5) is 23.0. The molecular formula is C12H14N2O4. The van der Waals surface area contributed by atoms with Crippen LogP contribution in [0.1, 0.15) is 23.2 Å². The van der Waals surface area contributed by atoms with Gasteiger partial charge in [0.15, 0.2) is 0 Å². The van der Waals surface area contributed by atoms with Crippen LogP contribution in [0.2, 0.25) is 0 Å². The second kappa shape index (κ2) is 5.14. The van der Waals surface area contributed by atoms with Gasteiger partial charge in [-0.1, -0.05) is 0 Å². The SMILES string of the molecule is O=Cc1ccc([N+](=O)[O-])c(N2CCCC(O)C2)c1. The fourth-order valence-corrected chi connectivity index (χ4v) is 2.19. The third kappa shape index (κ3) is 2.48. The number of β-amino-alcohol motifs (C(OH)–C–C–N with tert-alkyl or cyclic N) is 1. The Morgan fingerprint density at radius 3 is 2.89 bits per heavy atom. The number of carbonyl (C=O) groups excluding carboxylic acids is 1. The van der Waals surface area contributed by atoms with Crippen LogP contribution < -0.4 is 4.90 Å². The Labute approximate surface area is 104 Å². The first-order valence-electron chi connectivity index (χ1n) is 5.78. The number of aliphatic hydroxyl groups is 1. The number of nitro benzene ring substituents is 1. The van der Waals surface area contributed by atoms with E-state index in [9.17, 15) is 20.0 Å². The van der Waals surface area contributed by atoms with E-state index in [1.807, 2.05) is 0 Å². The number of nitrogens with zero attached hydrogens (tertiary/aromatic N) is 2. The van der Waals surface area contributed by atoms with Gasteiger partial charge in [-0.15, -0.1) is 0 Å². The van der Waals surface area contributed by atoms with Gasteiger partial charge in [-0.05, 0) is 25.0 Å². The minimum atomic E-state index is -0.474. The van der Waals surface area contributed by atoms with Gasteiger partial charge in [0.25, 0.3) is 5.69 Å². The normalized spacial score (nSPS) is 19.6. The first kappa shape index (κ1) is 12.5. The third-order valence-corrected chi connectivity index (χ3v) is 3.07. The van der Waals surface area contributed by atoms with E-state index in [4.69, 9.17) is 0 Å². The molecule has 0 bridgehead atoms. The smallest absolute Gasteiger partial charge is 0.292 e. The molecule has 1 aromatic carbocycles. The summed E-state index contributed by atoms with van der Waals surface area (Å²) in [5.41, 5.74) is 0.772. The summed E-state index contributed by atoms with van der Waals surface area (Å²) in [5, 5.41) is 20.6. The number of piperidine rings is 1. The lowest BCUT2D eigenvalue weighted by molar-refractivity contribution is -0.384. The van der Waals surface area contributed by atoms with Gasteiger partial charge in [-0.3, -0.25) is 14.9 Å². The van der Waals surface area contributed by atoms with Crippen molar-refractivity contribution in [3.8, 4) is 0 Å². The third-order valence-electron chi connectivity index (χ3n) is 3.07. The van der Waals surface area contributed by atoms with Crippen LogP contribution in [-0.4, -0.2) is 35.5 Å². The van der Waals surface area contributed by atoms with Crippen molar-refractivity contribution in [2.75, 3.05) is 18.0 Å². The van der Waals surface area contributed by atoms with Gasteiger partial charge in [0.2, 0.25) is 0 Å². The van der Waals surface area contributed by atoms with Crippen LogP contribution >= 0.6 is 0 Å². The minimum absolute atomic E-state index is 0.0327. The molecule has 0 radical (unpaired) electrons. The van der Waals surface area contributed by atoms with Gasteiger partial charge in [-0.25, -0.2) is 0 Å². The van der Waals surface area contributed by atoms with Crippen molar-refractivity contribution in [2.45, 2.75) is 18.9 Å². The van der Waals surface area contributed by atoms with Crippen molar-refractivity contribution < 1.29 is 14.8 Å². The van der Waals surface area contributed by atoms with E-state index >= 15 is 0 Å². The van der Waals surface area contributed by atoms with Crippen LogP contribution in [0, 0.1) is 10.1 Å². The van der Waals surface area contributed by atoms with E-state index in [0.29, 0.717) is 37.0 Å². The maximum atomic E-state index is 11.0. The monoisotopic (exact) mass is 250 g/mol. The van der Waals surface area contributed by atoms with Crippen LogP contribution in [-0.2, 0) is 0 Å². The summed E-state index contributed by atoms with van der Waals surface area (Å²) in [7, 11) is 0. The summed E-state index contributed by atoms with van der Waals surface area (Å²) in [5.74, 6) is 0. The molecule has 1 N–H and O–H groups in total. The molecule has 1 fully saturated rings. The topological polar surface area (TPSA) is 83.7 Å². The largest absolute Gasteiger partial charge is 0.391 e. The molecule has 0 aliphatic carbocycles. The molecule has 1 unspecified atom stereocenters. The van der Waals surface area contributed by atoms with Gasteiger partial charge in [-0.2, -0.15) is 0 Å². The molecule has 6 nitrogen and oxygen atoms in total. The summed E-state index contributed by atoms with van der Waals surface area (Å²) in [6, 6.07) is 4.26. The Kier molecular flexibility index (Phi) is 3.57. The van der Waals surface area contributed by atoms with Crippen LogP contribution in [0.4, 0.5) is 11.4 Å². The Balaban J connectivity index is 2.39. The number of rotatable bonds is 3. The van der Waals surface area contributed by atoms with Crippen LogP contribution in [0.25, 0.3) is 0 Å². The standard InChI is InChI=1S/C12H14N2O4/c15-8-9-3-4-11(14(17)18)12(6-9)13-5-1-2-10(16)7-13/h3-4,6,8,10,16H,1-2,5,7H2. The molecule has 6 heteroatoms. The molecular weight excluding hydrogens is 236 g/mol. The highest BCUT2D eigenvalue weighted by atomic mass is 16.6. The number of benzene rings is 1. The van der Waals surface area contributed by atoms with Gasteiger partial charge in [0.1, 0.15) is 12.0 Å². The molecule has 1 atom stereocenters. The predicted molar refractivity (Wildman–Crippen MR) is 65.9 cm³/mol. The van der Waals surface area contributed by atoms with Crippen molar-refractivity contribution in [3.63, 3.8) is 0 Å². The first-order chi connectivity index (χ1) is 8.61. The summed E-state index contributed by atoms with van der Waals surface area (Å²) in [6.45, 7) is 1.02. The van der Waals surface area contributed by atoms with Crippen LogP contribution in [0.5, 0.6) is 0 Å². The van der Waals surface area contributed by atoms with Crippen LogP contribution in [0.3, 0.4) is 0 Å². The maximum absolute atomic E-state index is 11.0. The van der Waals surface area contributed by atoms with Crippen molar-refractivity contribution in [3.05, 3.63) is 33.9 Å². The predicted octanol–water partition coefficient (Wildman–Crippen LogP) is 1.37. The second-order valence-corrected chi connectivity index (χ2v) is 4.37. The average molecular weight is 250 g/mol. The maximum Gasteiger partial charge on any atom is 0.292 e. The molecule has 1 heterocycles. The number of hydrogen-bond acceptors (Lipinski definition) is 5. The Morgan fingerprint density at radius 2 is 2.28 bits per heavy atom. The number of hydrogen-bond donors (Lipinski definition) is 1. The quantitative estimate of drug-likeness (QED) is 0.497. The lowest BCUT2D eigenvalue weighted by atomic mass is 10.1. The molecule has 2 rings (SSSR count). The number of carbonyl (C=O) groups is 1. The molecule has 1 aromatic rings. The summed E-state index contributed by atoms with van der Waals surface area (Å²) >= 11 is 0. The average Bonchev–Trinajstić information content (AvgIpc) is 2.38. The molecule has 1 aliphatic rings. The van der Waals surface area contributed by atoms with Crippen LogP contribution in [0.15, 0.2) is 18.2 Å². The summed E-state index contributed by atoms with van der Waals surface area (Å²) in [6.07, 6.45) is 1.67. The van der Waals surface area contributed by atoms with Gasteiger partial charge < -0.3 is 10.0 Å². The van der Waals surface area contributed by atoms with Crippen molar-refractivity contribution >= 4 is 17.7 Å². The van der Waals surface area contributed by atoms with E-state index in [0.717, 1.165) is 6.42 Å². The minimum Gasteiger partial charge on any atom is -0.391 e. The van der Waals surface area contributed by atoms with E-state index in [-0.39, 0.29) is 5.69 Å². The lowest BCUT2D eigenvalue weighted by Gasteiger charge is -2.31. The number of nitro groups is 1. The highest BCUT2D eigenvalue weighted by Gasteiger charge is 2.24. The molecule has 0 saturated carbocycles. The Morgan fingerprint density at radius 1 is 1.50 bits per heavy atom. The molecule has 0 amide bonds. The number of aliphatic hydroxyl groups excluding tert-OH is 1. The van der Waals surface area contributed by atoms with E-state index < -0.39 is 11.0 Å². The highest BCUT2D eigenvalue weighted by molar-refractivity contribution is 5.80. The molecule has 0 aromatic heterocycles. The molecule has 1 saturated heterocycles. The Bertz CT molecular complexity index is 475. The zero-order valence-corrected chi connectivity index (χ0v) is 9.78. The van der Waals surface area contributed by atoms with Gasteiger partial charge in [0, 0.05) is 24.7 Å². The Hall–Kier alpha value is -1.95. The second-order valence-electron chi connectivity index (χ2n) is 4.37.